The second kappa shape index (κ2) is 10.8. The molecule has 0 aromatic heterocycles. The van der Waals surface area contributed by atoms with Crippen LogP contribution in [0.2, 0.25) is 0 Å². The first-order valence-electron chi connectivity index (χ1n) is 12.3. The summed E-state index contributed by atoms with van der Waals surface area (Å²) in [5.41, 5.74) is 0.470. The van der Waals surface area contributed by atoms with Gasteiger partial charge in [-0.2, -0.15) is 13.2 Å². The number of alkyl halides is 3. The summed E-state index contributed by atoms with van der Waals surface area (Å²) < 4.78 is 45.7. The second-order valence-electron chi connectivity index (χ2n) is 9.90. The Labute approximate surface area is 224 Å². The normalized spacial score (nSPS) is 17.2. The number of phenols is 1. The van der Waals surface area contributed by atoms with Crippen LogP contribution in [-0.2, 0) is 22.3 Å². The largest absolute Gasteiger partial charge is 0.508 e. The monoisotopic (exact) mass is 539 g/mol. The molecule has 0 aliphatic carbocycles. The fourth-order valence-electron chi connectivity index (χ4n) is 4.46. The Hall–Kier alpha value is -4.27. The average molecular weight is 540 g/mol. The molecule has 2 N–H and O–H groups in total. The molecule has 4 rings (SSSR count). The number of aliphatic hydroxyl groups is 1. The van der Waals surface area contributed by atoms with Crippen LogP contribution >= 0.6 is 0 Å². The fourth-order valence-corrected chi connectivity index (χ4v) is 4.46. The summed E-state index contributed by atoms with van der Waals surface area (Å²) in [7, 11) is 0. The first kappa shape index (κ1) is 27.8. The van der Waals surface area contributed by atoms with Crippen molar-refractivity contribution < 1.29 is 37.7 Å². The van der Waals surface area contributed by atoms with Crippen LogP contribution in [0.5, 0.6) is 11.5 Å². The Balaban J connectivity index is 1.79. The minimum Gasteiger partial charge on any atom is -0.508 e. The number of rotatable bonds is 7. The summed E-state index contributed by atoms with van der Waals surface area (Å²) in [6.45, 7) is 6.00. The number of hydrogen-bond acceptors (Lipinski definition) is 5. The molecule has 0 saturated carbocycles. The van der Waals surface area contributed by atoms with E-state index < -0.39 is 35.2 Å². The quantitative estimate of drug-likeness (QED) is 0.207. The summed E-state index contributed by atoms with van der Waals surface area (Å²) in [6.07, 6.45) is -4.58. The molecule has 3 aromatic carbocycles. The number of carbonyl (C=O) groups is 2. The van der Waals surface area contributed by atoms with E-state index in [1.165, 1.54) is 36.4 Å². The van der Waals surface area contributed by atoms with Crippen molar-refractivity contribution in [1.82, 2.24) is 4.90 Å². The van der Waals surface area contributed by atoms with E-state index in [-0.39, 0.29) is 29.0 Å². The molecule has 0 radical (unpaired) electrons. The van der Waals surface area contributed by atoms with Crippen molar-refractivity contribution in [2.75, 3.05) is 6.61 Å². The van der Waals surface area contributed by atoms with Gasteiger partial charge in [-0.15, -0.1) is 0 Å². The number of halogens is 3. The predicted molar refractivity (Wildman–Crippen MR) is 139 cm³/mol. The van der Waals surface area contributed by atoms with Crippen molar-refractivity contribution in [3.8, 4) is 11.5 Å². The summed E-state index contributed by atoms with van der Waals surface area (Å²) in [4.78, 5) is 27.6. The number of aryl methyl sites for hydroxylation is 1. The second-order valence-corrected chi connectivity index (χ2v) is 9.90. The zero-order valence-corrected chi connectivity index (χ0v) is 21.6. The highest BCUT2D eigenvalue weighted by atomic mass is 19.4. The lowest BCUT2D eigenvalue weighted by atomic mass is 9.94. The van der Waals surface area contributed by atoms with Crippen molar-refractivity contribution in [2.24, 2.45) is 5.92 Å². The van der Waals surface area contributed by atoms with Crippen molar-refractivity contribution in [2.45, 2.75) is 39.5 Å². The number of carbonyl (C=O) groups excluding carboxylic acids is 2. The highest BCUT2D eigenvalue weighted by Crippen LogP contribution is 2.41. The number of ether oxygens (including phenoxy) is 1. The summed E-state index contributed by atoms with van der Waals surface area (Å²) >= 11 is 0. The van der Waals surface area contributed by atoms with Crippen molar-refractivity contribution >= 4 is 17.4 Å². The molecule has 39 heavy (non-hydrogen) atoms. The van der Waals surface area contributed by atoms with E-state index in [0.29, 0.717) is 29.4 Å². The topological polar surface area (TPSA) is 87.1 Å². The first-order chi connectivity index (χ1) is 18.4. The lowest BCUT2D eigenvalue weighted by Gasteiger charge is -2.26. The molecule has 3 aromatic rings. The van der Waals surface area contributed by atoms with Gasteiger partial charge in [0, 0.05) is 12.1 Å². The van der Waals surface area contributed by atoms with Crippen LogP contribution in [0.1, 0.15) is 47.7 Å². The molecule has 1 heterocycles. The van der Waals surface area contributed by atoms with E-state index >= 15 is 0 Å². The molecule has 1 amide bonds. The van der Waals surface area contributed by atoms with Crippen LogP contribution in [0.15, 0.2) is 72.3 Å². The first-order valence-corrected chi connectivity index (χ1v) is 12.3. The van der Waals surface area contributed by atoms with Crippen molar-refractivity contribution in [3.63, 3.8) is 0 Å². The van der Waals surface area contributed by atoms with Crippen molar-refractivity contribution in [3.05, 3.63) is 100 Å². The Morgan fingerprint density at radius 1 is 1.03 bits per heavy atom. The van der Waals surface area contributed by atoms with Gasteiger partial charge in [0.1, 0.15) is 17.3 Å². The number of phenolic OH excluding ortho intramolecular Hbond substituents is 1. The van der Waals surface area contributed by atoms with Gasteiger partial charge in [0.15, 0.2) is 0 Å². The number of aromatic hydroxyl groups is 1. The number of amides is 1. The van der Waals surface area contributed by atoms with Gasteiger partial charge in [-0.25, -0.2) is 0 Å². The maximum atomic E-state index is 13.3. The molecule has 0 bridgehead atoms. The zero-order valence-electron chi connectivity index (χ0n) is 21.6. The van der Waals surface area contributed by atoms with Gasteiger partial charge in [-0.05, 0) is 72.0 Å². The highest BCUT2D eigenvalue weighted by molar-refractivity contribution is 6.46. The molecule has 1 aliphatic rings. The average Bonchev–Trinajstić information content (AvgIpc) is 3.12. The summed E-state index contributed by atoms with van der Waals surface area (Å²) in [5.74, 6) is -1.48. The van der Waals surface area contributed by atoms with Crippen molar-refractivity contribution in [1.29, 1.82) is 0 Å². The standard InChI is InChI=1S/C30H28F3NO5/c1-17(2)16-39-24-12-9-21(13-18(24)3)27(36)25-26(20-7-10-23(35)11-8-20)34(29(38)28(25)37)15-19-5-4-6-22(14-19)30(31,32)33/h4-14,17,26,35-36H,15-16H2,1-3H3/b27-25+. The SMILES string of the molecule is Cc1cc(/C(O)=C2\C(=O)C(=O)N(Cc3cccc(C(F)(F)F)c3)C2c2ccc(O)cc2)ccc1OCC(C)C. The van der Waals surface area contributed by atoms with Gasteiger partial charge in [0.05, 0.1) is 23.8 Å². The van der Waals surface area contributed by atoms with E-state index in [9.17, 15) is 33.0 Å². The molecular weight excluding hydrogens is 511 g/mol. The minimum atomic E-state index is -4.58. The molecule has 6 nitrogen and oxygen atoms in total. The number of ketones is 1. The smallest absolute Gasteiger partial charge is 0.416 e. The number of aliphatic hydroxyl groups excluding tert-OH is 1. The van der Waals surface area contributed by atoms with Crippen LogP contribution in [0.3, 0.4) is 0 Å². The fraction of sp³-hybridized carbons (Fsp3) is 0.267. The summed E-state index contributed by atoms with van der Waals surface area (Å²) in [5, 5.41) is 21.1. The van der Waals surface area contributed by atoms with E-state index in [2.05, 4.69) is 0 Å². The van der Waals surface area contributed by atoms with Crippen LogP contribution in [0.25, 0.3) is 5.76 Å². The molecule has 1 aliphatic heterocycles. The molecule has 9 heteroatoms. The van der Waals surface area contributed by atoms with Gasteiger partial charge >= 0.3 is 6.18 Å². The third-order valence-electron chi connectivity index (χ3n) is 6.38. The molecule has 204 valence electrons. The lowest BCUT2D eigenvalue weighted by Crippen LogP contribution is -2.29. The van der Waals surface area contributed by atoms with Gasteiger partial charge in [0.25, 0.3) is 11.7 Å². The minimum absolute atomic E-state index is 0.0545. The van der Waals surface area contributed by atoms with E-state index in [0.717, 1.165) is 17.0 Å². The molecule has 1 saturated heterocycles. The number of nitrogens with zero attached hydrogens (tertiary/aromatic N) is 1. The molecular formula is C30H28F3NO5. The van der Waals surface area contributed by atoms with E-state index in [1.807, 2.05) is 13.8 Å². The van der Waals surface area contributed by atoms with E-state index in [1.54, 1.807) is 25.1 Å². The highest BCUT2D eigenvalue weighted by Gasteiger charge is 2.46. The Morgan fingerprint density at radius 2 is 1.72 bits per heavy atom. The third-order valence-corrected chi connectivity index (χ3v) is 6.38. The van der Waals surface area contributed by atoms with Crippen LogP contribution in [0.4, 0.5) is 13.2 Å². The Bertz CT molecular complexity index is 1430. The zero-order chi connectivity index (χ0) is 28.5. The molecule has 1 atom stereocenters. The molecule has 1 unspecified atom stereocenters. The van der Waals surface area contributed by atoms with Gasteiger partial charge < -0.3 is 19.8 Å². The maximum absolute atomic E-state index is 13.3. The maximum Gasteiger partial charge on any atom is 0.416 e. The Kier molecular flexibility index (Phi) is 7.72. The van der Waals surface area contributed by atoms with E-state index in [4.69, 9.17) is 4.74 Å². The predicted octanol–water partition coefficient (Wildman–Crippen LogP) is 6.38. The lowest BCUT2D eigenvalue weighted by molar-refractivity contribution is -0.140. The third kappa shape index (κ3) is 5.92. The van der Waals surface area contributed by atoms with Crippen LogP contribution in [0, 0.1) is 12.8 Å². The van der Waals surface area contributed by atoms with Gasteiger partial charge in [-0.3, -0.25) is 9.59 Å². The summed E-state index contributed by atoms with van der Waals surface area (Å²) in [6, 6.07) is 14.0. The van der Waals surface area contributed by atoms with Gasteiger partial charge in [-0.1, -0.05) is 38.1 Å². The number of Topliss-reactive ketones (excluding diaryl/α,β-unsaturated/α-hetero) is 1. The van der Waals surface area contributed by atoms with Crippen LogP contribution in [-0.4, -0.2) is 33.4 Å². The van der Waals surface area contributed by atoms with Gasteiger partial charge in [0.2, 0.25) is 0 Å². The molecule has 0 spiro atoms. The number of likely N-dealkylation sites (tertiary alicyclic amines) is 1. The van der Waals surface area contributed by atoms with Crippen LogP contribution < -0.4 is 4.74 Å². The number of benzene rings is 3. The number of hydrogen-bond donors (Lipinski definition) is 2. The Morgan fingerprint density at radius 3 is 2.33 bits per heavy atom. The molecule has 1 fully saturated rings.